The Labute approximate surface area is 174 Å². The number of halogens is 1. The minimum absolute atomic E-state index is 0.140. The normalized spacial score (nSPS) is 21.1. The van der Waals surface area contributed by atoms with Crippen LogP contribution in [0.4, 0.5) is 11.5 Å². The Balaban J connectivity index is 1.85. The summed E-state index contributed by atoms with van der Waals surface area (Å²) in [5.41, 5.74) is 9.77. The van der Waals surface area contributed by atoms with Crippen LogP contribution >= 0.6 is 11.6 Å². The van der Waals surface area contributed by atoms with E-state index in [1.165, 1.54) is 0 Å². The monoisotopic (exact) mass is 410 g/mol. The molecule has 1 atom stereocenters. The van der Waals surface area contributed by atoms with Gasteiger partial charge in [-0.25, -0.2) is 9.98 Å². The van der Waals surface area contributed by atoms with E-state index in [1.807, 2.05) is 37.3 Å². The van der Waals surface area contributed by atoms with Crippen LogP contribution in [0.3, 0.4) is 0 Å². The van der Waals surface area contributed by atoms with Crippen LogP contribution in [-0.2, 0) is 4.74 Å². The van der Waals surface area contributed by atoms with E-state index in [0.29, 0.717) is 28.7 Å². The van der Waals surface area contributed by atoms with Gasteiger partial charge >= 0.3 is 0 Å². The van der Waals surface area contributed by atoms with Gasteiger partial charge in [-0.1, -0.05) is 29.8 Å². The summed E-state index contributed by atoms with van der Waals surface area (Å²) in [4.78, 5) is 11.6. The summed E-state index contributed by atoms with van der Waals surface area (Å²) in [6, 6.07) is 9.45. The summed E-state index contributed by atoms with van der Waals surface area (Å²) < 4.78 is 5.63. The molecule has 0 unspecified atom stereocenters. The molecular weight excluding hydrogens is 388 g/mol. The molecule has 0 radical (unpaired) electrons. The van der Waals surface area contributed by atoms with Crippen LogP contribution in [0.25, 0.3) is 0 Å². The van der Waals surface area contributed by atoms with Crippen LogP contribution in [0.1, 0.15) is 25.0 Å². The number of pyridine rings is 1. The molecular formula is C21H23ClN6O. The summed E-state index contributed by atoms with van der Waals surface area (Å²) >= 11 is 6.47. The quantitative estimate of drug-likeness (QED) is 0.704. The van der Waals surface area contributed by atoms with Crippen LogP contribution in [0, 0.1) is 5.41 Å². The zero-order chi connectivity index (χ0) is 20.5. The molecule has 0 spiro atoms. The number of morpholine rings is 1. The molecule has 8 heteroatoms. The molecule has 0 bridgehead atoms. The Morgan fingerprint density at radius 2 is 2.14 bits per heavy atom. The van der Waals surface area contributed by atoms with E-state index >= 15 is 0 Å². The fourth-order valence-electron chi connectivity index (χ4n) is 3.50. The second-order valence-corrected chi connectivity index (χ2v) is 7.59. The van der Waals surface area contributed by atoms with Gasteiger partial charge in [0, 0.05) is 47.2 Å². The predicted octanol–water partition coefficient (Wildman–Crippen LogP) is 3.39. The zero-order valence-electron chi connectivity index (χ0n) is 16.4. The van der Waals surface area contributed by atoms with Gasteiger partial charge in [-0.05, 0) is 19.9 Å². The maximum absolute atomic E-state index is 8.46. The van der Waals surface area contributed by atoms with Gasteiger partial charge in [0.1, 0.15) is 11.5 Å². The lowest BCUT2D eigenvalue weighted by atomic mass is 10.0. The zero-order valence-corrected chi connectivity index (χ0v) is 17.1. The third-order valence-corrected chi connectivity index (χ3v) is 5.26. The van der Waals surface area contributed by atoms with Crippen LogP contribution in [0.15, 0.2) is 52.9 Å². The van der Waals surface area contributed by atoms with E-state index in [4.69, 9.17) is 32.5 Å². The number of allylic oxidation sites excluding steroid dienone is 1. The molecule has 1 aromatic carbocycles. The number of nitrogens with two attached hydrogens (primary N) is 1. The van der Waals surface area contributed by atoms with Crippen LogP contribution < -0.4 is 16.0 Å². The highest BCUT2D eigenvalue weighted by atomic mass is 35.5. The van der Waals surface area contributed by atoms with Crippen molar-refractivity contribution in [3.8, 4) is 0 Å². The number of aromatic nitrogens is 1. The lowest BCUT2D eigenvalue weighted by molar-refractivity contribution is 0.0529. The van der Waals surface area contributed by atoms with Crippen molar-refractivity contribution in [1.29, 1.82) is 5.41 Å². The number of benzene rings is 1. The van der Waals surface area contributed by atoms with Crippen LogP contribution in [0.5, 0.6) is 0 Å². The number of nitrogens with one attached hydrogen (secondary N) is 2. The number of anilines is 2. The number of fused-ring (bicyclic) bond motifs is 1. The summed E-state index contributed by atoms with van der Waals surface area (Å²) in [6.45, 7) is 5.98. The molecule has 3 heterocycles. The van der Waals surface area contributed by atoms with Crippen molar-refractivity contribution in [3.63, 3.8) is 0 Å². The fraction of sp³-hybridized carbons (Fsp3) is 0.286. The van der Waals surface area contributed by atoms with Crippen molar-refractivity contribution in [2.75, 3.05) is 29.9 Å². The lowest BCUT2D eigenvalue weighted by Gasteiger charge is -2.32. The molecule has 1 aromatic heterocycles. The molecule has 1 saturated heterocycles. The highest BCUT2D eigenvalue weighted by Gasteiger charge is 2.25. The fourth-order valence-corrected chi connectivity index (χ4v) is 3.73. The van der Waals surface area contributed by atoms with Gasteiger partial charge in [-0.3, -0.25) is 5.41 Å². The van der Waals surface area contributed by atoms with Gasteiger partial charge in [-0.2, -0.15) is 0 Å². The Morgan fingerprint density at radius 1 is 1.34 bits per heavy atom. The first-order valence-electron chi connectivity index (χ1n) is 9.47. The van der Waals surface area contributed by atoms with Gasteiger partial charge in [0.15, 0.2) is 5.84 Å². The molecule has 0 aliphatic carbocycles. The summed E-state index contributed by atoms with van der Waals surface area (Å²) in [7, 11) is 0. The van der Waals surface area contributed by atoms with E-state index in [1.54, 1.807) is 13.1 Å². The standard InChI is InChI=1S/C21H23ClN6O/c1-12-11-28(7-8-29-12)18-9-17-15(10-25-18)20(14-5-3-4-6-16(14)22)27-19(13(2)23)21(24)26-17/h3-6,9-10,12H,7-8,11,23H2,1-2H3,(H2,24,26)/b19-13+/t12-/m0/s1. The molecule has 1 fully saturated rings. The first kappa shape index (κ1) is 19.4. The van der Waals surface area contributed by atoms with Gasteiger partial charge in [0.2, 0.25) is 0 Å². The van der Waals surface area contributed by atoms with Crippen molar-refractivity contribution in [3.05, 3.63) is 64.1 Å². The highest BCUT2D eigenvalue weighted by molar-refractivity contribution is 6.36. The number of ether oxygens (including phenoxy) is 1. The first-order chi connectivity index (χ1) is 13.9. The number of amidine groups is 1. The van der Waals surface area contributed by atoms with Gasteiger partial charge in [0.05, 0.1) is 24.1 Å². The first-order valence-corrected chi connectivity index (χ1v) is 9.84. The second-order valence-electron chi connectivity index (χ2n) is 7.19. The van der Waals surface area contributed by atoms with E-state index in [9.17, 15) is 0 Å². The van der Waals surface area contributed by atoms with Gasteiger partial charge in [-0.15, -0.1) is 0 Å². The predicted molar refractivity (Wildman–Crippen MR) is 117 cm³/mol. The number of rotatable bonds is 2. The summed E-state index contributed by atoms with van der Waals surface area (Å²) in [5.74, 6) is 0.968. The molecule has 2 aliphatic rings. The molecule has 0 amide bonds. The highest BCUT2D eigenvalue weighted by Crippen LogP contribution is 2.31. The number of nitrogens with zero attached hydrogens (tertiary/aromatic N) is 3. The number of hydrogen-bond donors (Lipinski definition) is 3. The largest absolute Gasteiger partial charge is 0.400 e. The Hall–Kier alpha value is -2.90. The van der Waals surface area contributed by atoms with Crippen LogP contribution in [0.2, 0.25) is 5.02 Å². The molecule has 2 aliphatic heterocycles. The van der Waals surface area contributed by atoms with Crippen molar-refractivity contribution in [2.45, 2.75) is 20.0 Å². The Morgan fingerprint density at radius 3 is 2.86 bits per heavy atom. The third kappa shape index (κ3) is 3.83. The smallest absolute Gasteiger partial charge is 0.150 e. The SMILES string of the molecule is C/C(N)=C1\N=C(c2ccccc2Cl)c2cnc(N3CCO[C@@H](C)C3)cc2NC1=N. The number of hydrogen-bond acceptors (Lipinski definition) is 6. The van der Waals surface area contributed by atoms with Crippen molar-refractivity contribution in [1.82, 2.24) is 4.98 Å². The van der Waals surface area contributed by atoms with Gasteiger partial charge in [0.25, 0.3) is 0 Å². The van der Waals surface area contributed by atoms with E-state index in [-0.39, 0.29) is 11.9 Å². The molecule has 7 nitrogen and oxygen atoms in total. The average molecular weight is 411 g/mol. The van der Waals surface area contributed by atoms with Crippen molar-refractivity contribution < 1.29 is 4.74 Å². The van der Waals surface area contributed by atoms with E-state index < -0.39 is 0 Å². The third-order valence-electron chi connectivity index (χ3n) is 4.93. The van der Waals surface area contributed by atoms with Crippen LogP contribution in [-0.4, -0.2) is 42.3 Å². The minimum Gasteiger partial charge on any atom is -0.400 e. The van der Waals surface area contributed by atoms with Gasteiger partial charge < -0.3 is 20.7 Å². The Bertz CT molecular complexity index is 1030. The lowest BCUT2D eigenvalue weighted by Crippen LogP contribution is -2.41. The maximum atomic E-state index is 8.46. The topological polar surface area (TPSA) is 99.6 Å². The maximum Gasteiger partial charge on any atom is 0.150 e. The molecule has 4 N–H and O–H groups in total. The van der Waals surface area contributed by atoms with E-state index in [2.05, 4.69) is 15.2 Å². The molecule has 2 aromatic rings. The molecule has 4 rings (SSSR count). The average Bonchev–Trinajstić information content (AvgIpc) is 2.84. The molecule has 150 valence electrons. The Kier molecular flexibility index (Phi) is 5.25. The number of aliphatic imine (C=N–C) groups is 1. The molecule has 0 saturated carbocycles. The van der Waals surface area contributed by atoms with Crippen molar-refractivity contribution in [2.24, 2.45) is 10.7 Å². The minimum atomic E-state index is 0.140. The second kappa shape index (κ2) is 7.85. The summed E-state index contributed by atoms with van der Waals surface area (Å²) in [6.07, 6.45) is 1.92. The van der Waals surface area contributed by atoms with E-state index in [0.717, 1.165) is 35.7 Å². The molecule has 29 heavy (non-hydrogen) atoms. The summed E-state index contributed by atoms with van der Waals surface area (Å²) in [5, 5.41) is 12.2. The van der Waals surface area contributed by atoms with Crippen molar-refractivity contribution >= 4 is 34.7 Å².